The van der Waals surface area contributed by atoms with Crippen LogP contribution in [0.2, 0.25) is 0 Å². The van der Waals surface area contributed by atoms with Crippen molar-refractivity contribution in [2.45, 2.75) is 122 Å². The summed E-state index contributed by atoms with van der Waals surface area (Å²) in [5.41, 5.74) is 0. The lowest BCUT2D eigenvalue weighted by Crippen LogP contribution is -2.00. The van der Waals surface area contributed by atoms with Crippen molar-refractivity contribution in [2.75, 3.05) is 0 Å². The van der Waals surface area contributed by atoms with E-state index in [1.165, 1.54) is 89.7 Å². The second kappa shape index (κ2) is 20.4. The monoisotopic (exact) mass is 396 g/mol. The van der Waals surface area contributed by atoms with Crippen molar-refractivity contribution in [3.05, 3.63) is 12.8 Å². The van der Waals surface area contributed by atoms with Gasteiger partial charge in [-0.05, 0) is 19.3 Å². The van der Waals surface area contributed by atoms with Crippen LogP contribution in [0.15, 0.2) is 12.8 Å². The molecular weight excluding hydrogens is 352 g/mol. The van der Waals surface area contributed by atoms with Gasteiger partial charge >= 0.3 is 11.9 Å². The Bertz CT molecular complexity index is 388. The highest BCUT2D eigenvalue weighted by Crippen LogP contribution is 2.29. The normalized spacial score (nSPS) is 12.8. The Morgan fingerprint density at radius 1 is 0.821 bits per heavy atom. The van der Waals surface area contributed by atoms with Crippen LogP contribution in [-0.4, -0.2) is 17.0 Å². The van der Waals surface area contributed by atoms with Crippen LogP contribution in [0, 0.1) is 5.92 Å². The molecule has 0 radical (unpaired) electrons. The number of carbonyl (C=O) groups is 2. The maximum Gasteiger partial charge on any atom is 0.313 e. The predicted molar refractivity (Wildman–Crippen MR) is 116 cm³/mol. The van der Waals surface area contributed by atoms with Gasteiger partial charge in [0.1, 0.15) is 0 Å². The third-order valence-corrected chi connectivity index (χ3v) is 5.10. The van der Waals surface area contributed by atoms with E-state index in [4.69, 9.17) is 5.11 Å². The molecule has 0 unspecified atom stereocenters. The first-order valence-corrected chi connectivity index (χ1v) is 11.6. The van der Waals surface area contributed by atoms with Crippen LogP contribution in [0.25, 0.3) is 0 Å². The van der Waals surface area contributed by atoms with Crippen LogP contribution < -0.4 is 0 Å². The Balaban J connectivity index is 0.000000749. The molecule has 164 valence electrons. The molecule has 0 spiro atoms. The lowest BCUT2D eigenvalue weighted by molar-refractivity contribution is -0.139. The summed E-state index contributed by atoms with van der Waals surface area (Å²) in [4.78, 5) is 20.8. The topological polar surface area (TPSA) is 63.6 Å². The van der Waals surface area contributed by atoms with E-state index in [9.17, 15) is 9.59 Å². The average Bonchev–Trinajstić information content (AvgIpc) is 3.51. The fourth-order valence-electron chi connectivity index (χ4n) is 3.14. The second-order valence-corrected chi connectivity index (χ2v) is 7.97. The molecule has 0 heterocycles. The molecule has 1 rings (SSSR count). The summed E-state index contributed by atoms with van der Waals surface area (Å²) in [5.74, 6) is -0.590. The molecule has 0 aromatic heterocycles. The zero-order valence-electron chi connectivity index (χ0n) is 18.3. The van der Waals surface area contributed by atoms with Crippen molar-refractivity contribution < 1.29 is 19.4 Å². The molecule has 1 aliphatic carbocycles. The molecule has 0 aromatic rings. The third-order valence-electron chi connectivity index (χ3n) is 5.10. The van der Waals surface area contributed by atoms with Gasteiger partial charge in [-0.25, -0.2) is 0 Å². The molecule has 4 heteroatoms. The lowest BCUT2D eigenvalue weighted by atomic mass is 10.0. The van der Waals surface area contributed by atoms with E-state index in [0.29, 0.717) is 6.42 Å². The first kappa shape index (κ1) is 26.7. The van der Waals surface area contributed by atoms with Crippen LogP contribution in [0.5, 0.6) is 0 Å². The van der Waals surface area contributed by atoms with Crippen LogP contribution in [-0.2, 0) is 14.3 Å². The number of carbonyl (C=O) groups excluding carboxylic acids is 1. The number of carboxylic acids is 1. The van der Waals surface area contributed by atoms with Crippen LogP contribution in [0.3, 0.4) is 0 Å². The van der Waals surface area contributed by atoms with Crippen molar-refractivity contribution in [3.8, 4) is 0 Å². The van der Waals surface area contributed by atoms with E-state index in [2.05, 4.69) is 18.2 Å². The number of esters is 1. The van der Waals surface area contributed by atoms with Crippen molar-refractivity contribution in [1.82, 2.24) is 0 Å². The highest BCUT2D eigenvalue weighted by atomic mass is 16.5. The molecule has 1 N–H and O–H groups in total. The summed E-state index contributed by atoms with van der Waals surface area (Å²) in [6.45, 7) is 5.54. The van der Waals surface area contributed by atoms with E-state index >= 15 is 0 Å². The van der Waals surface area contributed by atoms with Crippen molar-refractivity contribution in [1.29, 1.82) is 0 Å². The highest BCUT2D eigenvalue weighted by molar-refractivity contribution is 5.75. The van der Waals surface area contributed by atoms with Crippen LogP contribution in [0.1, 0.15) is 122 Å². The van der Waals surface area contributed by atoms with Crippen molar-refractivity contribution >= 4 is 11.9 Å². The van der Waals surface area contributed by atoms with E-state index in [-0.39, 0.29) is 11.9 Å². The Hall–Kier alpha value is -1.32. The lowest BCUT2D eigenvalue weighted by Gasteiger charge is -2.03. The Morgan fingerprint density at radius 2 is 1.21 bits per heavy atom. The third kappa shape index (κ3) is 21.0. The summed E-state index contributed by atoms with van der Waals surface area (Å²) in [7, 11) is 0. The summed E-state index contributed by atoms with van der Waals surface area (Å²) in [6.07, 6.45) is 23.4. The van der Waals surface area contributed by atoms with Gasteiger partial charge in [0.05, 0.1) is 12.2 Å². The van der Waals surface area contributed by atoms with Gasteiger partial charge < -0.3 is 9.84 Å². The molecule has 1 aliphatic rings. The quantitative estimate of drug-likeness (QED) is 0.149. The van der Waals surface area contributed by atoms with Crippen molar-refractivity contribution in [3.63, 3.8) is 0 Å². The zero-order chi connectivity index (χ0) is 20.9. The number of unbranched alkanes of at least 4 members (excludes halogenated alkanes) is 14. The van der Waals surface area contributed by atoms with Gasteiger partial charge in [-0.2, -0.15) is 0 Å². The summed E-state index contributed by atoms with van der Waals surface area (Å²) in [6, 6.07) is 0. The van der Waals surface area contributed by atoms with Gasteiger partial charge in [0, 0.05) is 6.42 Å². The first-order chi connectivity index (χ1) is 13.6. The number of hydrogen-bond donors (Lipinski definition) is 1. The minimum Gasteiger partial charge on any atom is -0.481 e. The largest absolute Gasteiger partial charge is 0.481 e. The molecule has 1 saturated carbocycles. The summed E-state index contributed by atoms with van der Waals surface area (Å²) >= 11 is 0. The highest BCUT2D eigenvalue weighted by Gasteiger charge is 2.30. The molecule has 0 aliphatic heterocycles. The molecule has 0 bridgehead atoms. The first-order valence-electron chi connectivity index (χ1n) is 11.6. The zero-order valence-corrected chi connectivity index (χ0v) is 18.3. The van der Waals surface area contributed by atoms with E-state index in [0.717, 1.165) is 25.7 Å². The van der Waals surface area contributed by atoms with Crippen molar-refractivity contribution in [2.24, 2.45) is 5.92 Å². The molecule has 4 nitrogen and oxygen atoms in total. The minimum absolute atomic E-state index is 0.125. The standard InChI is InChI=1S/C18H36O2.C6H8O2/c1-2-3-4-5-6-7-8-9-10-11-12-13-14-15-16-17-18(19)20;1-2-8-6(7)5-3-4-5/h2-17H2,1H3,(H,19,20);2,5H,1,3-4H2. The summed E-state index contributed by atoms with van der Waals surface area (Å²) < 4.78 is 4.49. The number of rotatable bonds is 18. The second-order valence-electron chi connectivity index (χ2n) is 7.97. The number of carboxylic acid groups (broad SMARTS) is 1. The molecule has 0 amide bonds. The van der Waals surface area contributed by atoms with Gasteiger partial charge in [0.15, 0.2) is 0 Å². The molecule has 28 heavy (non-hydrogen) atoms. The fraction of sp³-hybridized carbons (Fsp3) is 0.833. The summed E-state index contributed by atoms with van der Waals surface area (Å²) in [5, 5.41) is 8.52. The van der Waals surface area contributed by atoms with Crippen LogP contribution >= 0.6 is 0 Å². The van der Waals surface area contributed by atoms with Crippen LogP contribution in [0.4, 0.5) is 0 Å². The van der Waals surface area contributed by atoms with E-state index < -0.39 is 5.97 Å². The number of ether oxygens (including phenoxy) is 1. The minimum atomic E-state index is -0.653. The Labute approximate surface area is 173 Å². The molecule has 1 fully saturated rings. The molecule has 0 saturated heterocycles. The van der Waals surface area contributed by atoms with Gasteiger partial charge in [0.25, 0.3) is 0 Å². The Morgan fingerprint density at radius 3 is 1.54 bits per heavy atom. The van der Waals surface area contributed by atoms with Gasteiger partial charge in [-0.15, -0.1) is 0 Å². The fourth-order valence-corrected chi connectivity index (χ4v) is 3.14. The molecular formula is C24H44O4. The number of hydrogen-bond acceptors (Lipinski definition) is 3. The SMILES string of the molecule is C=COC(=O)C1CC1.CCCCCCCCCCCCCCCCCC(=O)O. The predicted octanol–water partition coefficient (Wildman–Crippen LogP) is 7.42. The Kier molecular flexibility index (Phi) is 19.5. The van der Waals surface area contributed by atoms with Gasteiger partial charge in [-0.1, -0.05) is 103 Å². The van der Waals surface area contributed by atoms with E-state index in [1.807, 2.05) is 0 Å². The van der Waals surface area contributed by atoms with E-state index in [1.54, 1.807) is 0 Å². The van der Waals surface area contributed by atoms with Gasteiger partial charge in [0.2, 0.25) is 0 Å². The average molecular weight is 397 g/mol. The smallest absolute Gasteiger partial charge is 0.313 e. The number of aliphatic carboxylic acids is 1. The maximum atomic E-state index is 10.5. The molecule has 0 aromatic carbocycles. The van der Waals surface area contributed by atoms with Gasteiger partial charge in [-0.3, -0.25) is 9.59 Å². The molecule has 0 atom stereocenters. The maximum absolute atomic E-state index is 10.5.